The van der Waals surface area contributed by atoms with Gasteiger partial charge in [-0.2, -0.15) is 0 Å². The molecule has 0 aliphatic heterocycles. The van der Waals surface area contributed by atoms with Crippen LogP contribution < -0.4 is 5.32 Å². The molecule has 4 heteroatoms. The van der Waals surface area contributed by atoms with Gasteiger partial charge in [0.1, 0.15) is 5.82 Å². The van der Waals surface area contributed by atoms with Crippen LogP contribution in [0.3, 0.4) is 0 Å². The Morgan fingerprint density at radius 2 is 2.00 bits per heavy atom. The predicted molar refractivity (Wildman–Crippen MR) is 70.8 cm³/mol. The van der Waals surface area contributed by atoms with E-state index in [4.69, 9.17) is 0 Å². The summed E-state index contributed by atoms with van der Waals surface area (Å²) in [7, 11) is 1.96. The lowest BCUT2D eigenvalue weighted by Gasteiger charge is -2.04. The summed E-state index contributed by atoms with van der Waals surface area (Å²) in [6, 6.07) is 10.4. The molecule has 3 nitrogen and oxygen atoms in total. The van der Waals surface area contributed by atoms with Crippen LogP contribution in [0.25, 0.3) is 0 Å². The molecule has 0 fully saturated rings. The number of aromatic nitrogens is 2. The molecular formula is C13H15N3S. The van der Waals surface area contributed by atoms with E-state index < -0.39 is 0 Å². The van der Waals surface area contributed by atoms with Gasteiger partial charge in [-0.25, -0.2) is 9.97 Å². The van der Waals surface area contributed by atoms with Crippen molar-refractivity contribution in [2.45, 2.75) is 17.2 Å². The van der Waals surface area contributed by atoms with Gasteiger partial charge in [-0.3, -0.25) is 0 Å². The molecule has 2 rings (SSSR count). The highest BCUT2D eigenvalue weighted by atomic mass is 32.2. The average molecular weight is 245 g/mol. The molecule has 0 aliphatic rings. The van der Waals surface area contributed by atoms with Crippen molar-refractivity contribution >= 4 is 11.8 Å². The third-order valence-corrected chi connectivity index (χ3v) is 3.26. The minimum atomic E-state index is 0.809. The molecule has 0 radical (unpaired) electrons. The summed E-state index contributed by atoms with van der Waals surface area (Å²) in [5, 5.41) is 3.15. The molecule has 0 saturated carbocycles. The maximum Gasteiger partial charge on any atom is 0.138 e. The zero-order valence-corrected chi connectivity index (χ0v) is 10.6. The molecule has 0 spiro atoms. The molecule has 0 saturated heterocycles. The monoisotopic (exact) mass is 245 g/mol. The van der Waals surface area contributed by atoms with Crippen LogP contribution in [0.15, 0.2) is 47.6 Å². The summed E-state index contributed by atoms with van der Waals surface area (Å²) < 4.78 is 0. The fourth-order valence-electron chi connectivity index (χ4n) is 1.50. The highest BCUT2D eigenvalue weighted by molar-refractivity contribution is 7.98. The molecule has 0 bridgehead atoms. The normalized spacial score (nSPS) is 10.4. The van der Waals surface area contributed by atoms with E-state index in [0.29, 0.717) is 0 Å². The first-order valence-electron chi connectivity index (χ1n) is 5.51. The molecule has 0 aliphatic carbocycles. The Kier molecular flexibility index (Phi) is 4.53. The molecule has 1 N–H and O–H groups in total. The smallest absolute Gasteiger partial charge is 0.138 e. The van der Waals surface area contributed by atoms with E-state index in [2.05, 4.69) is 39.6 Å². The minimum absolute atomic E-state index is 0.809. The van der Waals surface area contributed by atoms with Crippen LogP contribution in [0.2, 0.25) is 0 Å². The molecule has 0 unspecified atom stereocenters. The zero-order chi connectivity index (χ0) is 11.9. The van der Waals surface area contributed by atoms with Gasteiger partial charge in [0.2, 0.25) is 0 Å². The maximum absolute atomic E-state index is 4.21. The predicted octanol–water partition coefficient (Wildman–Crippen LogP) is 2.49. The molecule has 1 aromatic heterocycles. The third-order valence-electron chi connectivity index (χ3n) is 2.27. The number of benzene rings is 1. The van der Waals surface area contributed by atoms with Crippen molar-refractivity contribution in [2.75, 3.05) is 7.05 Å². The van der Waals surface area contributed by atoms with Gasteiger partial charge >= 0.3 is 0 Å². The Bertz CT molecular complexity index is 459. The lowest BCUT2D eigenvalue weighted by Crippen LogP contribution is -2.04. The number of rotatable bonds is 5. The van der Waals surface area contributed by atoms with E-state index >= 15 is 0 Å². The van der Waals surface area contributed by atoms with Gasteiger partial charge in [-0.1, -0.05) is 12.1 Å². The summed E-state index contributed by atoms with van der Waals surface area (Å²) in [6.07, 6.45) is 3.56. The fraction of sp³-hybridized carbons (Fsp3) is 0.231. The Hall–Kier alpha value is -1.39. The van der Waals surface area contributed by atoms with Gasteiger partial charge in [0.15, 0.2) is 0 Å². The van der Waals surface area contributed by atoms with Gasteiger partial charge in [-0.05, 0) is 30.8 Å². The van der Waals surface area contributed by atoms with E-state index in [9.17, 15) is 0 Å². The van der Waals surface area contributed by atoms with E-state index in [1.807, 2.05) is 13.1 Å². The molecule has 88 valence electrons. The van der Waals surface area contributed by atoms with Crippen molar-refractivity contribution in [3.05, 3.63) is 54.1 Å². The number of thioether (sulfide) groups is 1. The van der Waals surface area contributed by atoms with Gasteiger partial charge in [-0.15, -0.1) is 11.8 Å². The summed E-state index contributed by atoms with van der Waals surface area (Å²) in [5.74, 6) is 1.68. The summed E-state index contributed by atoms with van der Waals surface area (Å²) in [6.45, 7) is 0.899. The molecule has 2 aromatic rings. The number of nitrogens with one attached hydrogen (secondary N) is 1. The summed E-state index contributed by atoms with van der Waals surface area (Å²) >= 11 is 1.76. The first-order chi connectivity index (χ1) is 8.38. The fourth-order valence-corrected chi connectivity index (χ4v) is 2.36. The van der Waals surface area contributed by atoms with E-state index in [1.165, 1.54) is 10.5 Å². The van der Waals surface area contributed by atoms with E-state index in [0.717, 1.165) is 18.1 Å². The topological polar surface area (TPSA) is 37.8 Å². The number of hydrogen-bond donors (Lipinski definition) is 1. The van der Waals surface area contributed by atoms with E-state index in [-0.39, 0.29) is 0 Å². The number of hydrogen-bond acceptors (Lipinski definition) is 4. The largest absolute Gasteiger partial charge is 0.316 e. The molecule has 1 aromatic carbocycles. The van der Waals surface area contributed by atoms with Crippen LogP contribution in [0.5, 0.6) is 0 Å². The molecule has 1 heterocycles. The minimum Gasteiger partial charge on any atom is -0.316 e. The third kappa shape index (κ3) is 3.84. The quantitative estimate of drug-likeness (QED) is 0.821. The van der Waals surface area contributed by atoms with Crippen LogP contribution in [-0.4, -0.2) is 17.0 Å². The van der Waals surface area contributed by atoms with Crippen molar-refractivity contribution in [2.24, 2.45) is 0 Å². The summed E-state index contributed by atoms with van der Waals surface area (Å²) in [4.78, 5) is 9.67. The Balaban J connectivity index is 1.97. The van der Waals surface area contributed by atoms with Crippen LogP contribution in [-0.2, 0) is 12.3 Å². The van der Waals surface area contributed by atoms with E-state index in [1.54, 1.807) is 24.2 Å². The second-order valence-electron chi connectivity index (χ2n) is 3.63. The average Bonchev–Trinajstić information content (AvgIpc) is 2.39. The van der Waals surface area contributed by atoms with Crippen LogP contribution in [0.4, 0.5) is 0 Å². The van der Waals surface area contributed by atoms with Gasteiger partial charge in [0.05, 0.1) is 5.75 Å². The molecule has 0 amide bonds. The van der Waals surface area contributed by atoms with Gasteiger partial charge in [0, 0.05) is 23.8 Å². The molecule has 17 heavy (non-hydrogen) atoms. The first-order valence-corrected chi connectivity index (χ1v) is 6.49. The van der Waals surface area contributed by atoms with Crippen LogP contribution >= 0.6 is 11.8 Å². The van der Waals surface area contributed by atoms with Gasteiger partial charge in [0.25, 0.3) is 0 Å². The Morgan fingerprint density at radius 1 is 1.18 bits per heavy atom. The SMILES string of the molecule is CNCc1cccc(SCc2ncccn2)c1. The van der Waals surface area contributed by atoms with Crippen molar-refractivity contribution in [1.29, 1.82) is 0 Å². The van der Waals surface area contributed by atoms with Crippen molar-refractivity contribution < 1.29 is 0 Å². The summed E-state index contributed by atoms with van der Waals surface area (Å²) in [5.41, 5.74) is 1.30. The Morgan fingerprint density at radius 3 is 2.76 bits per heavy atom. The van der Waals surface area contributed by atoms with Gasteiger partial charge < -0.3 is 5.32 Å². The van der Waals surface area contributed by atoms with Crippen LogP contribution in [0, 0.1) is 0 Å². The van der Waals surface area contributed by atoms with Crippen LogP contribution in [0.1, 0.15) is 11.4 Å². The second kappa shape index (κ2) is 6.37. The first kappa shape index (κ1) is 12.1. The highest BCUT2D eigenvalue weighted by Gasteiger charge is 1.99. The molecular weight excluding hydrogens is 230 g/mol. The van der Waals surface area contributed by atoms with Crippen molar-refractivity contribution in [3.8, 4) is 0 Å². The van der Waals surface area contributed by atoms with Crippen molar-refractivity contribution in [1.82, 2.24) is 15.3 Å². The standard InChI is InChI=1S/C13H15N3S/c1-14-9-11-4-2-5-12(8-11)17-10-13-15-6-3-7-16-13/h2-8,14H,9-10H2,1H3. The number of nitrogens with zero attached hydrogens (tertiary/aromatic N) is 2. The lowest BCUT2D eigenvalue weighted by molar-refractivity contribution is 0.815. The second-order valence-corrected chi connectivity index (χ2v) is 4.68. The lowest BCUT2D eigenvalue weighted by atomic mass is 10.2. The Labute approximate surface area is 106 Å². The maximum atomic E-state index is 4.21. The van der Waals surface area contributed by atoms with Crippen molar-refractivity contribution in [3.63, 3.8) is 0 Å². The molecule has 0 atom stereocenters. The zero-order valence-electron chi connectivity index (χ0n) is 9.76. The highest BCUT2D eigenvalue weighted by Crippen LogP contribution is 2.21.